The molecule has 1 saturated carbocycles. The Bertz CT molecular complexity index is 431. The SMILES string of the molecule is CCSc1cccc(NCC2CCCC2)c1C#N. The normalized spacial score (nSPS) is 15.6. The Labute approximate surface area is 114 Å². The van der Waals surface area contributed by atoms with E-state index in [0.29, 0.717) is 0 Å². The number of nitriles is 1. The van der Waals surface area contributed by atoms with E-state index in [2.05, 4.69) is 18.3 Å². The molecule has 1 fully saturated rings. The van der Waals surface area contributed by atoms with Gasteiger partial charge >= 0.3 is 0 Å². The van der Waals surface area contributed by atoms with Crippen LogP contribution in [0.2, 0.25) is 0 Å². The van der Waals surface area contributed by atoms with Crippen molar-refractivity contribution in [2.24, 2.45) is 5.92 Å². The first-order valence-corrected chi connectivity index (χ1v) is 7.73. The second-order valence-electron chi connectivity index (χ2n) is 4.75. The van der Waals surface area contributed by atoms with Gasteiger partial charge in [0.1, 0.15) is 6.07 Å². The maximum Gasteiger partial charge on any atom is 0.102 e. The van der Waals surface area contributed by atoms with Crippen LogP contribution in [0.5, 0.6) is 0 Å². The van der Waals surface area contributed by atoms with Gasteiger partial charge in [0.2, 0.25) is 0 Å². The topological polar surface area (TPSA) is 35.8 Å². The monoisotopic (exact) mass is 260 g/mol. The minimum Gasteiger partial charge on any atom is -0.384 e. The molecule has 2 rings (SSSR count). The highest BCUT2D eigenvalue weighted by molar-refractivity contribution is 7.99. The summed E-state index contributed by atoms with van der Waals surface area (Å²) in [5.41, 5.74) is 1.81. The first-order valence-electron chi connectivity index (χ1n) is 6.75. The van der Waals surface area contributed by atoms with Crippen LogP contribution in [-0.4, -0.2) is 12.3 Å². The Kier molecular flexibility index (Phi) is 4.95. The summed E-state index contributed by atoms with van der Waals surface area (Å²) in [7, 11) is 0. The van der Waals surface area contributed by atoms with Crippen molar-refractivity contribution in [3.63, 3.8) is 0 Å². The predicted octanol–water partition coefficient (Wildman–Crippen LogP) is 4.27. The van der Waals surface area contributed by atoms with Crippen LogP contribution in [-0.2, 0) is 0 Å². The Hall–Kier alpha value is -1.14. The molecule has 1 N–H and O–H groups in total. The van der Waals surface area contributed by atoms with Crippen molar-refractivity contribution in [3.8, 4) is 6.07 Å². The fourth-order valence-corrected chi connectivity index (χ4v) is 3.32. The molecule has 96 valence electrons. The molecule has 3 heteroatoms. The second kappa shape index (κ2) is 6.70. The summed E-state index contributed by atoms with van der Waals surface area (Å²) in [4.78, 5) is 1.09. The Morgan fingerprint density at radius 3 is 2.83 bits per heavy atom. The van der Waals surface area contributed by atoms with E-state index in [4.69, 9.17) is 0 Å². The number of rotatable bonds is 5. The van der Waals surface area contributed by atoms with E-state index in [1.54, 1.807) is 11.8 Å². The van der Waals surface area contributed by atoms with Crippen molar-refractivity contribution in [3.05, 3.63) is 23.8 Å². The summed E-state index contributed by atoms with van der Waals surface area (Å²) < 4.78 is 0. The van der Waals surface area contributed by atoms with Crippen molar-refractivity contribution < 1.29 is 0 Å². The Morgan fingerprint density at radius 2 is 2.17 bits per heavy atom. The molecule has 0 saturated heterocycles. The molecule has 0 spiro atoms. The summed E-state index contributed by atoms with van der Waals surface area (Å²) in [5, 5.41) is 12.8. The lowest BCUT2D eigenvalue weighted by atomic mass is 10.1. The van der Waals surface area contributed by atoms with E-state index in [1.165, 1.54) is 25.7 Å². The van der Waals surface area contributed by atoms with Crippen molar-refractivity contribution in [1.82, 2.24) is 0 Å². The van der Waals surface area contributed by atoms with Gasteiger partial charge in [0.05, 0.1) is 11.3 Å². The average molecular weight is 260 g/mol. The van der Waals surface area contributed by atoms with E-state index < -0.39 is 0 Å². The number of thioether (sulfide) groups is 1. The van der Waals surface area contributed by atoms with Gasteiger partial charge in [0, 0.05) is 11.4 Å². The predicted molar refractivity (Wildman–Crippen MR) is 78.0 cm³/mol. The van der Waals surface area contributed by atoms with Gasteiger partial charge in [-0.1, -0.05) is 25.8 Å². The van der Waals surface area contributed by atoms with Gasteiger partial charge in [-0.05, 0) is 36.6 Å². The second-order valence-corrected chi connectivity index (χ2v) is 6.06. The summed E-state index contributed by atoms with van der Waals surface area (Å²) in [5.74, 6) is 1.79. The van der Waals surface area contributed by atoms with E-state index in [-0.39, 0.29) is 0 Å². The van der Waals surface area contributed by atoms with E-state index in [1.807, 2.05) is 18.2 Å². The molecule has 0 heterocycles. The number of nitrogens with one attached hydrogen (secondary N) is 1. The van der Waals surface area contributed by atoms with E-state index in [9.17, 15) is 5.26 Å². The lowest BCUT2D eigenvalue weighted by Crippen LogP contribution is -2.12. The van der Waals surface area contributed by atoms with Crippen LogP contribution in [0, 0.1) is 17.2 Å². The van der Waals surface area contributed by atoms with Crippen LogP contribution in [0.3, 0.4) is 0 Å². The van der Waals surface area contributed by atoms with Crippen LogP contribution in [0.1, 0.15) is 38.2 Å². The molecule has 1 aromatic rings. The lowest BCUT2D eigenvalue weighted by Gasteiger charge is -2.14. The third kappa shape index (κ3) is 3.20. The van der Waals surface area contributed by atoms with Crippen LogP contribution in [0.4, 0.5) is 5.69 Å². The van der Waals surface area contributed by atoms with Crippen LogP contribution in [0.25, 0.3) is 0 Å². The van der Waals surface area contributed by atoms with Gasteiger partial charge in [-0.15, -0.1) is 11.8 Å². The molecular formula is C15H20N2S. The molecule has 0 radical (unpaired) electrons. The number of nitrogens with zero attached hydrogens (tertiary/aromatic N) is 1. The average Bonchev–Trinajstić information content (AvgIpc) is 2.90. The Morgan fingerprint density at radius 1 is 1.39 bits per heavy atom. The number of hydrogen-bond acceptors (Lipinski definition) is 3. The molecule has 1 aromatic carbocycles. The van der Waals surface area contributed by atoms with E-state index in [0.717, 1.165) is 34.4 Å². The molecule has 1 aliphatic rings. The van der Waals surface area contributed by atoms with Gasteiger partial charge in [0.15, 0.2) is 0 Å². The maximum absolute atomic E-state index is 9.31. The van der Waals surface area contributed by atoms with Crippen LogP contribution < -0.4 is 5.32 Å². The number of benzene rings is 1. The molecule has 0 aliphatic heterocycles. The fourth-order valence-electron chi connectivity index (χ4n) is 2.54. The van der Waals surface area contributed by atoms with Crippen molar-refractivity contribution in [1.29, 1.82) is 5.26 Å². The van der Waals surface area contributed by atoms with E-state index >= 15 is 0 Å². The van der Waals surface area contributed by atoms with Crippen molar-refractivity contribution in [2.45, 2.75) is 37.5 Å². The zero-order valence-electron chi connectivity index (χ0n) is 10.9. The first-order chi connectivity index (χ1) is 8.85. The zero-order chi connectivity index (χ0) is 12.8. The summed E-state index contributed by atoms with van der Waals surface area (Å²) in [6.45, 7) is 3.12. The third-order valence-electron chi connectivity index (χ3n) is 3.49. The fraction of sp³-hybridized carbons (Fsp3) is 0.533. The molecule has 1 aliphatic carbocycles. The molecule has 0 bridgehead atoms. The summed E-state index contributed by atoms with van der Waals surface area (Å²) >= 11 is 1.74. The molecular weight excluding hydrogens is 240 g/mol. The molecule has 0 unspecified atom stereocenters. The van der Waals surface area contributed by atoms with Gasteiger partial charge in [-0.3, -0.25) is 0 Å². The highest BCUT2D eigenvalue weighted by Gasteiger charge is 2.15. The summed E-state index contributed by atoms with van der Waals surface area (Å²) in [6, 6.07) is 8.43. The van der Waals surface area contributed by atoms with Crippen molar-refractivity contribution >= 4 is 17.4 Å². The van der Waals surface area contributed by atoms with Gasteiger partial charge in [-0.25, -0.2) is 0 Å². The molecule has 18 heavy (non-hydrogen) atoms. The highest BCUT2D eigenvalue weighted by atomic mass is 32.2. The lowest BCUT2D eigenvalue weighted by molar-refractivity contribution is 0.580. The molecule has 0 atom stereocenters. The van der Waals surface area contributed by atoms with Gasteiger partial charge in [0.25, 0.3) is 0 Å². The maximum atomic E-state index is 9.31. The molecule has 0 aromatic heterocycles. The quantitative estimate of drug-likeness (QED) is 0.803. The van der Waals surface area contributed by atoms with Crippen molar-refractivity contribution in [2.75, 3.05) is 17.6 Å². The van der Waals surface area contributed by atoms with Gasteiger partial charge in [-0.2, -0.15) is 5.26 Å². The number of hydrogen-bond donors (Lipinski definition) is 1. The first kappa shape index (κ1) is 13.3. The summed E-state index contributed by atoms with van der Waals surface area (Å²) in [6.07, 6.45) is 5.39. The smallest absolute Gasteiger partial charge is 0.102 e. The van der Waals surface area contributed by atoms with Gasteiger partial charge < -0.3 is 5.32 Å². The minimum atomic E-state index is 0.791. The Balaban J connectivity index is 2.06. The zero-order valence-corrected chi connectivity index (χ0v) is 11.7. The minimum absolute atomic E-state index is 0.791. The third-order valence-corrected chi connectivity index (χ3v) is 4.43. The largest absolute Gasteiger partial charge is 0.384 e. The number of anilines is 1. The van der Waals surface area contributed by atoms with Crippen LogP contribution in [0.15, 0.2) is 23.1 Å². The van der Waals surface area contributed by atoms with Crippen LogP contribution >= 0.6 is 11.8 Å². The molecule has 2 nitrogen and oxygen atoms in total. The highest BCUT2D eigenvalue weighted by Crippen LogP contribution is 2.29. The molecule has 0 amide bonds. The standard InChI is InChI=1S/C15H20N2S/c1-2-18-15-9-5-8-14(13(15)10-16)17-11-12-6-3-4-7-12/h5,8-9,12,17H,2-4,6-7,11H2,1H3.